The van der Waals surface area contributed by atoms with Crippen LogP contribution in [0.15, 0.2) is 23.9 Å². The third-order valence-corrected chi connectivity index (χ3v) is 1.82. The molecule has 1 aliphatic carbocycles. The van der Waals surface area contributed by atoms with Gasteiger partial charge in [-0.3, -0.25) is 5.41 Å². The summed E-state index contributed by atoms with van der Waals surface area (Å²) in [6, 6.07) is 0. The fourth-order valence-corrected chi connectivity index (χ4v) is 0.978. The normalized spacial score (nSPS) is 16.7. The Labute approximate surface area is 71.7 Å². The first kappa shape index (κ1) is 8.14. The van der Waals surface area contributed by atoms with E-state index in [1.807, 2.05) is 31.1 Å². The number of nitrogens with zero attached hydrogens (tertiary/aromatic N) is 1. The first-order chi connectivity index (χ1) is 5.11. The van der Waals surface area contributed by atoms with Crippen molar-refractivity contribution >= 4 is 22.8 Å². The molecular formula is C8H10N2S. The second-order valence-corrected chi connectivity index (χ2v) is 3.01. The van der Waals surface area contributed by atoms with Crippen LogP contribution in [-0.4, -0.2) is 29.6 Å². The van der Waals surface area contributed by atoms with Crippen molar-refractivity contribution in [2.24, 2.45) is 0 Å². The van der Waals surface area contributed by atoms with Crippen molar-refractivity contribution in [2.75, 3.05) is 14.1 Å². The largest absolute Gasteiger partial charge is 0.378 e. The summed E-state index contributed by atoms with van der Waals surface area (Å²) in [6.45, 7) is 0. The molecule has 0 heterocycles. The number of hydrogen-bond acceptors (Lipinski definition) is 3. The van der Waals surface area contributed by atoms with Gasteiger partial charge in [-0.15, -0.1) is 0 Å². The van der Waals surface area contributed by atoms with Crippen molar-refractivity contribution in [3.8, 4) is 0 Å². The second kappa shape index (κ2) is 2.96. The van der Waals surface area contributed by atoms with Crippen LogP contribution in [0.1, 0.15) is 0 Å². The highest BCUT2D eigenvalue weighted by molar-refractivity contribution is 7.82. The fraction of sp³-hybridized carbons (Fsp3) is 0.250. The summed E-state index contributed by atoms with van der Waals surface area (Å²) < 4.78 is 0. The van der Waals surface area contributed by atoms with Gasteiger partial charge in [0.2, 0.25) is 0 Å². The van der Waals surface area contributed by atoms with Crippen LogP contribution in [0.3, 0.4) is 0 Å². The molecule has 0 bridgehead atoms. The molecule has 0 amide bonds. The van der Waals surface area contributed by atoms with Gasteiger partial charge in [-0.2, -0.15) is 0 Å². The summed E-state index contributed by atoms with van der Waals surface area (Å²) in [5.74, 6) is 0. The molecule has 11 heavy (non-hydrogen) atoms. The van der Waals surface area contributed by atoms with Gasteiger partial charge in [0, 0.05) is 19.8 Å². The number of hydrogen-bond donors (Lipinski definition) is 1. The summed E-state index contributed by atoms with van der Waals surface area (Å²) in [6.07, 6.45) is 5.44. The monoisotopic (exact) mass is 166 g/mol. The lowest BCUT2D eigenvalue weighted by Gasteiger charge is -2.16. The topological polar surface area (TPSA) is 27.1 Å². The van der Waals surface area contributed by atoms with E-state index < -0.39 is 0 Å². The summed E-state index contributed by atoms with van der Waals surface area (Å²) in [5, 5.41) is 7.33. The molecule has 0 aromatic rings. The Kier molecular flexibility index (Phi) is 2.19. The van der Waals surface area contributed by atoms with Crippen molar-refractivity contribution in [3.05, 3.63) is 23.9 Å². The van der Waals surface area contributed by atoms with Gasteiger partial charge in [-0.1, -0.05) is 12.2 Å². The molecule has 1 N–H and O–H groups in total. The Bertz CT molecular complexity index is 261. The minimum Gasteiger partial charge on any atom is -0.378 e. The molecule has 0 saturated heterocycles. The molecule has 3 heteroatoms. The predicted molar refractivity (Wildman–Crippen MR) is 51.2 cm³/mol. The summed E-state index contributed by atoms with van der Waals surface area (Å²) in [5.41, 5.74) is 1.47. The number of rotatable bonds is 1. The van der Waals surface area contributed by atoms with E-state index in [4.69, 9.17) is 17.6 Å². The van der Waals surface area contributed by atoms with E-state index in [1.54, 1.807) is 6.08 Å². The molecule has 0 fully saturated rings. The highest BCUT2D eigenvalue weighted by atomic mass is 32.1. The standard InChI is InChI=1S/C8H10N2S/c1-10(2)6-3-4-7(9)8(11)5-6/h3-5,9H,1-2H3. The minimum atomic E-state index is 0.422. The maximum atomic E-state index is 7.33. The maximum Gasteiger partial charge on any atom is 0.0721 e. The SMILES string of the molecule is CN(C)C1=CC(=S)C(=N)C=C1. The van der Waals surface area contributed by atoms with Gasteiger partial charge in [0.25, 0.3) is 0 Å². The number of nitrogens with one attached hydrogen (secondary N) is 1. The molecule has 0 aromatic carbocycles. The Morgan fingerprint density at radius 3 is 2.45 bits per heavy atom. The summed E-state index contributed by atoms with van der Waals surface area (Å²) >= 11 is 4.95. The van der Waals surface area contributed by atoms with Crippen LogP contribution in [0, 0.1) is 5.41 Å². The van der Waals surface area contributed by atoms with Crippen LogP contribution in [0.5, 0.6) is 0 Å². The summed E-state index contributed by atoms with van der Waals surface area (Å²) in [4.78, 5) is 2.58. The van der Waals surface area contributed by atoms with E-state index in [1.165, 1.54) is 0 Å². The smallest absolute Gasteiger partial charge is 0.0721 e. The molecule has 0 atom stereocenters. The van der Waals surface area contributed by atoms with Gasteiger partial charge < -0.3 is 4.90 Å². The van der Waals surface area contributed by atoms with Gasteiger partial charge in [0.05, 0.1) is 10.6 Å². The molecule has 0 spiro atoms. The lowest BCUT2D eigenvalue weighted by molar-refractivity contribution is 0.531. The van der Waals surface area contributed by atoms with Crippen LogP contribution >= 0.6 is 12.2 Å². The molecule has 58 valence electrons. The quantitative estimate of drug-likeness (QED) is 0.596. The van der Waals surface area contributed by atoms with Crippen molar-refractivity contribution in [2.45, 2.75) is 0 Å². The third kappa shape index (κ3) is 1.74. The molecule has 2 nitrogen and oxygen atoms in total. The van der Waals surface area contributed by atoms with E-state index in [-0.39, 0.29) is 0 Å². The van der Waals surface area contributed by atoms with E-state index in [0.717, 1.165) is 5.70 Å². The fourth-order valence-electron chi connectivity index (χ4n) is 0.789. The van der Waals surface area contributed by atoms with Crippen LogP contribution in [-0.2, 0) is 0 Å². The minimum absolute atomic E-state index is 0.422. The maximum absolute atomic E-state index is 7.33. The molecular weight excluding hydrogens is 156 g/mol. The Morgan fingerprint density at radius 1 is 1.36 bits per heavy atom. The Morgan fingerprint density at radius 2 is 2.00 bits per heavy atom. The highest BCUT2D eigenvalue weighted by Gasteiger charge is 2.06. The second-order valence-electron chi connectivity index (χ2n) is 2.57. The van der Waals surface area contributed by atoms with Crippen molar-refractivity contribution in [1.29, 1.82) is 5.41 Å². The zero-order valence-corrected chi connectivity index (χ0v) is 7.40. The number of allylic oxidation sites excluding steroid dienone is 3. The average Bonchev–Trinajstić information content (AvgIpc) is 1.94. The Balaban J connectivity index is 2.89. The molecule has 0 aromatic heterocycles. The van der Waals surface area contributed by atoms with E-state index in [0.29, 0.717) is 10.6 Å². The number of thiocarbonyl (C=S) groups is 1. The van der Waals surface area contributed by atoms with Crippen molar-refractivity contribution < 1.29 is 0 Å². The van der Waals surface area contributed by atoms with Gasteiger partial charge in [-0.25, -0.2) is 0 Å². The molecule has 0 unspecified atom stereocenters. The van der Waals surface area contributed by atoms with Crippen molar-refractivity contribution in [1.82, 2.24) is 4.90 Å². The van der Waals surface area contributed by atoms with E-state index in [2.05, 4.69) is 0 Å². The molecule has 1 rings (SSSR count). The first-order valence-electron chi connectivity index (χ1n) is 3.31. The molecule has 0 radical (unpaired) electrons. The highest BCUT2D eigenvalue weighted by Crippen LogP contribution is 2.07. The van der Waals surface area contributed by atoms with Gasteiger partial charge >= 0.3 is 0 Å². The Hall–Kier alpha value is -0.960. The predicted octanol–water partition coefficient (Wildman–Crippen LogP) is 1.39. The third-order valence-electron chi connectivity index (χ3n) is 1.48. The van der Waals surface area contributed by atoms with Gasteiger partial charge in [-0.05, 0) is 18.2 Å². The molecule has 0 aliphatic heterocycles. The zero-order chi connectivity index (χ0) is 8.43. The van der Waals surface area contributed by atoms with Crippen LogP contribution < -0.4 is 0 Å². The average molecular weight is 166 g/mol. The number of likely N-dealkylation sites (N-methyl/N-ethyl adjacent to an activating group) is 1. The van der Waals surface area contributed by atoms with Gasteiger partial charge in [0.15, 0.2) is 0 Å². The zero-order valence-electron chi connectivity index (χ0n) is 6.59. The van der Waals surface area contributed by atoms with E-state index >= 15 is 0 Å². The lowest BCUT2D eigenvalue weighted by Crippen LogP contribution is -2.17. The molecule has 0 saturated carbocycles. The van der Waals surface area contributed by atoms with Crippen LogP contribution in [0.25, 0.3) is 0 Å². The van der Waals surface area contributed by atoms with Crippen LogP contribution in [0.2, 0.25) is 0 Å². The van der Waals surface area contributed by atoms with Gasteiger partial charge in [0.1, 0.15) is 0 Å². The van der Waals surface area contributed by atoms with E-state index in [9.17, 15) is 0 Å². The lowest BCUT2D eigenvalue weighted by atomic mass is 10.1. The summed E-state index contributed by atoms with van der Waals surface area (Å²) in [7, 11) is 3.90. The van der Waals surface area contributed by atoms with Crippen LogP contribution in [0.4, 0.5) is 0 Å². The molecule has 1 aliphatic rings. The van der Waals surface area contributed by atoms with Crippen molar-refractivity contribution in [3.63, 3.8) is 0 Å². The first-order valence-corrected chi connectivity index (χ1v) is 3.72.